The summed E-state index contributed by atoms with van der Waals surface area (Å²) in [6, 6.07) is 19.4. The summed E-state index contributed by atoms with van der Waals surface area (Å²) >= 11 is 6.51. The molecule has 1 amide bonds. The molecule has 5 nitrogen and oxygen atoms in total. The first-order valence-electron chi connectivity index (χ1n) is 9.49. The number of carbonyl (C=O) groups is 2. The summed E-state index contributed by atoms with van der Waals surface area (Å²) in [5.74, 6) is -1.03. The Morgan fingerprint density at radius 1 is 1.09 bits per heavy atom. The first-order chi connectivity index (χ1) is 15.4. The predicted molar refractivity (Wildman–Crippen MR) is 126 cm³/mol. The second-order valence-electron chi connectivity index (χ2n) is 6.86. The average molecular weight is 466 g/mol. The maximum absolute atomic E-state index is 13.0. The smallest absolute Gasteiger partial charge is 0.335 e. The molecule has 1 fully saturated rings. The number of carboxylic acids is 1. The van der Waals surface area contributed by atoms with Crippen molar-refractivity contribution >= 4 is 51.9 Å². The Hall–Kier alpha value is -3.49. The summed E-state index contributed by atoms with van der Waals surface area (Å²) in [5.41, 5.74) is 2.14. The van der Waals surface area contributed by atoms with E-state index < -0.39 is 5.97 Å². The van der Waals surface area contributed by atoms with Crippen molar-refractivity contribution in [3.63, 3.8) is 0 Å². The number of hydrogen-bond acceptors (Lipinski definition) is 5. The summed E-state index contributed by atoms with van der Waals surface area (Å²) < 4.78 is 19.0. The first kappa shape index (κ1) is 21.7. The second kappa shape index (κ2) is 9.33. The fourth-order valence-electron chi connectivity index (χ4n) is 3.03. The van der Waals surface area contributed by atoms with Gasteiger partial charge in [0, 0.05) is 0 Å². The van der Waals surface area contributed by atoms with Gasteiger partial charge in [0.25, 0.3) is 5.91 Å². The van der Waals surface area contributed by atoms with Gasteiger partial charge in [0.2, 0.25) is 0 Å². The van der Waals surface area contributed by atoms with Crippen LogP contribution in [0.25, 0.3) is 6.08 Å². The average Bonchev–Trinajstić information content (AvgIpc) is 3.07. The molecular formula is C24H16FNO4S2. The molecule has 0 radical (unpaired) electrons. The van der Waals surface area contributed by atoms with Gasteiger partial charge in [-0.15, -0.1) is 0 Å². The lowest BCUT2D eigenvalue weighted by atomic mass is 10.1. The van der Waals surface area contributed by atoms with Gasteiger partial charge >= 0.3 is 5.97 Å². The van der Waals surface area contributed by atoms with E-state index in [9.17, 15) is 19.1 Å². The molecule has 160 valence electrons. The van der Waals surface area contributed by atoms with Crippen LogP contribution < -0.4 is 9.64 Å². The highest BCUT2D eigenvalue weighted by atomic mass is 32.2. The molecule has 1 aliphatic heterocycles. The number of carbonyl (C=O) groups excluding carboxylic acids is 1. The molecule has 4 rings (SSSR count). The Kier molecular flexibility index (Phi) is 6.34. The van der Waals surface area contributed by atoms with Crippen molar-refractivity contribution in [3.05, 3.63) is 100 Å². The van der Waals surface area contributed by atoms with Crippen LogP contribution in [0.3, 0.4) is 0 Å². The van der Waals surface area contributed by atoms with Crippen LogP contribution in [0.1, 0.15) is 21.5 Å². The van der Waals surface area contributed by atoms with Crippen LogP contribution in [0.4, 0.5) is 10.1 Å². The minimum atomic E-state index is -1.07. The third-order valence-electron chi connectivity index (χ3n) is 4.64. The van der Waals surface area contributed by atoms with Crippen LogP contribution >= 0.6 is 24.0 Å². The molecule has 1 aliphatic rings. The normalized spacial score (nSPS) is 14.8. The van der Waals surface area contributed by atoms with E-state index in [1.807, 2.05) is 12.1 Å². The van der Waals surface area contributed by atoms with Gasteiger partial charge < -0.3 is 9.84 Å². The third kappa shape index (κ3) is 4.87. The van der Waals surface area contributed by atoms with Crippen LogP contribution in [0, 0.1) is 5.82 Å². The molecule has 1 saturated heterocycles. The van der Waals surface area contributed by atoms with Crippen molar-refractivity contribution < 1.29 is 23.8 Å². The van der Waals surface area contributed by atoms with E-state index in [2.05, 4.69) is 0 Å². The second-order valence-corrected chi connectivity index (χ2v) is 8.53. The lowest BCUT2D eigenvalue weighted by Gasteiger charge is -2.14. The zero-order chi connectivity index (χ0) is 22.7. The van der Waals surface area contributed by atoms with Crippen molar-refractivity contribution in [2.75, 3.05) is 4.90 Å². The molecule has 3 aromatic rings. The summed E-state index contributed by atoms with van der Waals surface area (Å²) in [6.45, 7) is 0.313. The number of thioether (sulfide) groups is 1. The molecule has 0 aliphatic carbocycles. The van der Waals surface area contributed by atoms with E-state index in [1.165, 1.54) is 29.2 Å². The van der Waals surface area contributed by atoms with E-state index >= 15 is 0 Å². The number of halogens is 1. The number of ether oxygens (including phenoxy) is 1. The number of hydrogen-bond donors (Lipinski definition) is 1. The molecule has 3 aromatic carbocycles. The first-order valence-corrected chi connectivity index (χ1v) is 10.7. The SMILES string of the molecule is O=C(O)c1cccc(N2C(=O)/C(=C\c3ccc(OCc4ccc(F)cc4)cc3)SC2=S)c1. The molecule has 0 saturated carbocycles. The van der Waals surface area contributed by atoms with E-state index in [1.54, 1.807) is 42.5 Å². The van der Waals surface area contributed by atoms with Gasteiger partial charge in [0.15, 0.2) is 4.32 Å². The van der Waals surface area contributed by atoms with Gasteiger partial charge in [-0.2, -0.15) is 0 Å². The number of thiocarbonyl (C=S) groups is 1. The topological polar surface area (TPSA) is 66.8 Å². The lowest BCUT2D eigenvalue weighted by Crippen LogP contribution is -2.27. The molecular weight excluding hydrogens is 449 g/mol. The monoisotopic (exact) mass is 465 g/mol. The van der Waals surface area contributed by atoms with Gasteiger partial charge in [-0.05, 0) is 59.7 Å². The standard InChI is InChI=1S/C24H16FNO4S2/c25-18-8-4-16(5-9-18)14-30-20-10-6-15(7-11-20)12-21-22(27)26(24(31)32-21)19-3-1-2-17(13-19)23(28)29/h1-13H,14H2,(H,28,29)/b21-12+. The van der Waals surface area contributed by atoms with Gasteiger partial charge in [0.05, 0.1) is 16.2 Å². The molecule has 0 atom stereocenters. The zero-order valence-corrected chi connectivity index (χ0v) is 18.2. The summed E-state index contributed by atoms with van der Waals surface area (Å²) in [5, 5.41) is 9.19. The van der Waals surface area contributed by atoms with Crippen LogP contribution in [0.5, 0.6) is 5.75 Å². The number of anilines is 1. The van der Waals surface area contributed by atoms with Gasteiger partial charge in [0.1, 0.15) is 18.2 Å². The van der Waals surface area contributed by atoms with Crippen molar-refractivity contribution in [1.29, 1.82) is 0 Å². The summed E-state index contributed by atoms with van der Waals surface area (Å²) in [6.07, 6.45) is 1.73. The number of carboxylic acid groups (broad SMARTS) is 1. The highest BCUT2D eigenvalue weighted by Gasteiger charge is 2.33. The lowest BCUT2D eigenvalue weighted by molar-refractivity contribution is -0.113. The fraction of sp³-hybridized carbons (Fsp3) is 0.0417. The Morgan fingerprint density at radius 2 is 1.81 bits per heavy atom. The number of aromatic carboxylic acids is 1. The Balaban J connectivity index is 1.46. The molecule has 1 N–H and O–H groups in total. The molecule has 0 spiro atoms. The number of amides is 1. The summed E-state index contributed by atoms with van der Waals surface area (Å²) in [7, 11) is 0. The summed E-state index contributed by atoms with van der Waals surface area (Å²) in [4.78, 5) is 25.9. The van der Waals surface area contributed by atoms with Crippen LogP contribution in [-0.2, 0) is 11.4 Å². The molecule has 1 heterocycles. The minimum Gasteiger partial charge on any atom is -0.489 e. The number of rotatable bonds is 6. The maximum atomic E-state index is 13.0. The Bertz CT molecular complexity index is 1220. The largest absolute Gasteiger partial charge is 0.489 e. The van der Waals surface area contributed by atoms with E-state index in [0.717, 1.165) is 22.9 Å². The van der Waals surface area contributed by atoms with Crippen molar-refractivity contribution in [1.82, 2.24) is 0 Å². The van der Waals surface area contributed by atoms with E-state index in [4.69, 9.17) is 17.0 Å². The highest BCUT2D eigenvalue weighted by Crippen LogP contribution is 2.36. The highest BCUT2D eigenvalue weighted by molar-refractivity contribution is 8.27. The molecule has 0 unspecified atom stereocenters. The van der Waals surface area contributed by atoms with Gasteiger partial charge in [-0.3, -0.25) is 9.69 Å². The Morgan fingerprint density at radius 3 is 2.50 bits per heavy atom. The fourth-order valence-corrected chi connectivity index (χ4v) is 4.33. The zero-order valence-electron chi connectivity index (χ0n) is 16.5. The van der Waals surface area contributed by atoms with E-state index in [0.29, 0.717) is 27.3 Å². The van der Waals surface area contributed by atoms with Crippen molar-refractivity contribution in [2.24, 2.45) is 0 Å². The molecule has 32 heavy (non-hydrogen) atoms. The van der Waals surface area contributed by atoms with Crippen molar-refractivity contribution in [2.45, 2.75) is 6.61 Å². The minimum absolute atomic E-state index is 0.0803. The molecule has 0 bridgehead atoms. The predicted octanol–water partition coefficient (Wildman–Crippen LogP) is 5.51. The van der Waals surface area contributed by atoms with E-state index in [-0.39, 0.29) is 17.3 Å². The molecule has 8 heteroatoms. The third-order valence-corrected chi connectivity index (χ3v) is 5.94. The number of nitrogens with zero attached hydrogens (tertiary/aromatic N) is 1. The molecule has 0 aromatic heterocycles. The number of benzene rings is 3. The Labute approximate surface area is 193 Å². The van der Waals surface area contributed by atoms with Gasteiger partial charge in [-0.25, -0.2) is 9.18 Å². The van der Waals surface area contributed by atoms with Crippen LogP contribution in [0.15, 0.2) is 77.7 Å². The van der Waals surface area contributed by atoms with Gasteiger partial charge in [-0.1, -0.05) is 54.3 Å². The maximum Gasteiger partial charge on any atom is 0.335 e. The van der Waals surface area contributed by atoms with Crippen LogP contribution in [-0.4, -0.2) is 21.3 Å². The van der Waals surface area contributed by atoms with Crippen LogP contribution in [0.2, 0.25) is 0 Å². The van der Waals surface area contributed by atoms with Crippen molar-refractivity contribution in [3.8, 4) is 5.75 Å². The quantitative estimate of drug-likeness (QED) is 0.383.